The number of aryl methyl sites for hydroxylation is 5. The van der Waals surface area contributed by atoms with E-state index in [0.717, 1.165) is 65.9 Å². The third-order valence-corrected chi connectivity index (χ3v) is 21.3. The van der Waals surface area contributed by atoms with Gasteiger partial charge in [-0.15, -0.1) is 0 Å². The lowest BCUT2D eigenvalue weighted by atomic mass is 10.0. The second-order valence-electron chi connectivity index (χ2n) is 28.2. The normalized spacial score (nSPS) is 15.3. The quantitative estimate of drug-likeness (QED) is 0.145. The maximum Gasteiger partial charge on any atom is 0.123 e. The van der Waals surface area contributed by atoms with Crippen molar-refractivity contribution in [2.24, 2.45) is 35.2 Å². The number of hydrogen-bond acceptors (Lipinski definition) is 0. The van der Waals surface area contributed by atoms with Gasteiger partial charge in [0.15, 0.2) is 0 Å². The van der Waals surface area contributed by atoms with Crippen LogP contribution in [-0.2, 0) is 35.2 Å². The molecule has 0 aliphatic heterocycles. The molecule has 23 rings (SSSR count). The van der Waals surface area contributed by atoms with E-state index in [0.29, 0.717) is 67.3 Å². The summed E-state index contributed by atoms with van der Waals surface area (Å²) in [5.41, 5.74) is 12.1. The van der Waals surface area contributed by atoms with Gasteiger partial charge in [0.25, 0.3) is 0 Å². The molecule has 0 fully saturated rings. The zero-order chi connectivity index (χ0) is 111. The molecule has 0 bridgehead atoms. The van der Waals surface area contributed by atoms with Gasteiger partial charge in [0.2, 0.25) is 0 Å². The van der Waals surface area contributed by atoms with Crippen LogP contribution in [-0.4, -0.2) is 22.8 Å². The second kappa shape index (κ2) is 32.5. The molecule has 0 radical (unpaired) electrons. The van der Waals surface area contributed by atoms with Crippen molar-refractivity contribution in [2.75, 3.05) is 0 Å². The van der Waals surface area contributed by atoms with Gasteiger partial charge in [-0.2, -0.15) is 0 Å². The van der Waals surface area contributed by atoms with Crippen LogP contribution in [0.25, 0.3) is 198 Å². The van der Waals surface area contributed by atoms with Crippen molar-refractivity contribution in [1.29, 1.82) is 0 Å². The Labute approximate surface area is 744 Å². The van der Waals surface area contributed by atoms with Crippen LogP contribution in [0.2, 0.25) is 0 Å². The molecule has 18 aromatic carbocycles. The van der Waals surface area contributed by atoms with Gasteiger partial charge in [0.1, 0.15) is 11.6 Å². The minimum atomic E-state index is -0.716. The topological polar surface area (TPSA) is 24.6 Å². The van der Waals surface area contributed by atoms with E-state index in [1.807, 2.05) is 120 Å². The predicted octanol–water partition coefficient (Wildman–Crippen LogP) is 30.3. The van der Waals surface area contributed by atoms with E-state index in [9.17, 15) is 8.78 Å². The molecular formula is C113H85F2N5. The summed E-state index contributed by atoms with van der Waals surface area (Å²) in [6, 6.07) is 53.0. The maximum atomic E-state index is 13.2. The van der Waals surface area contributed by atoms with Gasteiger partial charge < -0.3 is 22.8 Å². The van der Waals surface area contributed by atoms with Gasteiger partial charge in [-0.25, -0.2) is 8.78 Å². The SMILES string of the molecule is Cn1c2ccc(F)cc2c2cc(F)ccc21.[2H]c1c(-c2ccccc2)c([2H])c2c3c([2H])c(-c4ccccc4)c([2H])c([2H])c3n(C)c2c1[2H].[2H]c1c([2H])c([2H])c(-c2c([2H])c([2H])c3c(c2[2H])c2c([2H])c(-c4c([2H])c([2H])c([2H])c([2H])c4[2H])c([2H])c([2H])c2n3C)c([2H])c1[2H].[2H]c1c([2H])c([2H])c(-c2ccc3c(c2)c2cc(-c4c([2H])c([2H])c([2H])c([2H])c4[2H])ccc2n3C)c([2H])c1[2H].[2H]c1ccc(-c2ccc3c(c2)c2cc(-c4ccc([2H])cc4)ccc2n3C)cc1. The molecule has 5 nitrogen and oxygen atoms in total. The Bertz CT molecular complexity index is 9250. The summed E-state index contributed by atoms with van der Waals surface area (Å²) in [4.78, 5) is 0. The molecule has 0 N–H and O–H groups in total. The highest BCUT2D eigenvalue weighted by atomic mass is 19.1. The van der Waals surface area contributed by atoms with Crippen LogP contribution in [0.15, 0.2) is 424 Å². The molecule has 0 unspecified atom stereocenters. The minimum absolute atomic E-state index is 0.0554. The van der Waals surface area contributed by atoms with Crippen LogP contribution in [0.4, 0.5) is 8.78 Å². The molecule has 0 saturated heterocycles. The van der Waals surface area contributed by atoms with Gasteiger partial charge in [-0.3, -0.25) is 0 Å². The maximum absolute atomic E-state index is 13.2. The largest absolute Gasteiger partial charge is 0.344 e. The standard InChI is InChI=1S/4C25H19N.C13H9F2N/c4*1-26-24-14-12-20(18-8-4-2-5-9-18)16-22(24)23-17-21(13-15-25(23)26)19-10-6-3-7-11-19;1-16-12-4-2-8(14)6-10(12)11-7-9(15)3-5-13(11)16/h4*2-17H,1H3;2-7H,1H3/i2D,3D,4D,5D,6D,7D,8D,9D,10D,11D,12D,13D,14D,15D,16D,17D;2D,3D,4D,5D,6D,7D,8D,9D,10D,11D;12D,13D,14D,15D,16D,17D;2D,3D;. The first-order valence-electron chi connectivity index (χ1n) is 55.0. The Morgan fingerprint density at radius 2 is 0.383 bits per heavy atom. The number of benzene rings is 18. The van der Waals surface area contributed by atoms with E-state index < -0.39 is 155 Å². The number of hydrogen-bond donors (Lipinski definition) is 0. The summed E-state index contributed by atoms with van der Waals surface area (Å²) in [5, 5.41) is 5.79. The van der Waals surface area contributed by atoms with Gasteiger partial charge in [-0.1, -0.05) is 291 Å². The van der Waals surface area contributed by atoms with E-state index in [1.54, 1.807) is 72.3 Å². The fraction of sp³-hybridized carbons (Fsp3) is 0.0442. The average Bonchev–Trinajstić information content (AvgIpc) is 1.52. The number of rotatable bonds is 8. The van der Waals surface area contributed by atoms with E-state index in [4.69, 9.17) is 46.6 Å². The second-order valence-corrected chi connectivity index (χ2v) is 28.2. The van der Waals surface area contributed by atoms with E-state index >= 15 is 0 Å². The zero-order valence-electron chi connectivity index (χ0n) is 98.8. The molecule has 576 valence electrons. The highest BCUT2D eigenvalue weighted by molar-refractivity contribution is 6.15. The van der Waals surface area contributed by atoms with Crippen LogP contribution in [0.5, 0.6) is 0 Å². The molecule has 0 amide bonds. The van der Waals surface area contributed by atoms with Gasteiger partial charge in [0, 0.05) is 144 Å². The fourth-order valence-corrected chi connectivity index (χ4v) is 15.3. The Hall–Kier alpha value is -15.2. The summed E-state index contributed by atoms with van der Waals surface area (Å²) < 4.78 is 319. The number of fused-ring (bicyclic) bond motifs is 15. The highest BCUT2D eigenvalue weighted by Gasteiger charge is 2.18. The summed E-state index contributed by atoms with van der Waals surface area (Å²) in [6.45, 7) is 0. The lowest BCUT2D eigenvalue weighted by Gasteiger charge is -2.03. The van der Waals surface area contributed by atoms with Crippen molar-refractivity contribution in [3.63, 3.8) is 0 Å². The molecule has 23 aromatic rings. The molecule has 5 aromatic heterocycles. The van der Waals surface area contributed by atoms with Crippen molar-refractivity contribution in [3.05, 3.63) is 435 Å². The summed E-state index contributed by atoms with van der Waals surface area (Å²) >= 11 is 0. The molecule has 7 heteroatoms. The van der Waals surface area contributed by atoms with Gasteiger partial charge in [0.05, 0.1) is 46.6 Å². The van der Waals surface area contributed by atoms with Crippen molar-refractivity contribution >= 4 is 109 Å². The number of aromatic nitrogens is 5. The van der Waals surface area contributed by atoms with Crippen molar-refractivity contribution in [2.45, 2.75) is 0 Å². The number of nitrogens with zero attached hydrogens (tertiary/aromatic N) is 5. The molecule has 5 heterocycles. The fourth-order valence-electron chi connectivity index (χ4n) is 15.3. The monoisotopic (exact) mass is 1580 g/mol. The molecule has 0 aliphatic carbocycles. The molecule has 120 heavy (non-hydrogen) atoms. The van der Waals surface area contributed by atoms with Crippen LogP contribution in [0, 0.1) is 11.6 Å². The zero-order valence-corrected chi connectivity index (χ0v) is 64.8. The predicted molar refractivity (Wildman–Crippen MR) is 506 cm³/mol. The minimum Gasteiger partial charge on any atom is -0.344 e. The Balaban J connectivity index is 0.000000123. The Morgan fingerprint density at radius 1 is 0.167 bits per heavy atom. The molecular weight excluding hydrogens is 1470 g/mol. The van der Waals surface area contributed by atoms with Gasteiger partial charge in [-0.05, 0) is 222 Å². The summed E-state index contributed by atoms with van der Waals surface area (Å²) in [6.07, 6.45) is 0. The first kappa shape index (κ1) is 45.9. The average molecular weight is 1590 g/mol. The molecule has 0 spiro atoms. The number of halogens is 2. The van der Waals surface area contributed by atoms with Crippen LogP contribution < -0.4 is 0 Å². The van der Waals surface area contributed by atoms with Crippen molar-refractivity contribution < 1.29 is 55.4 Å². The van der Waals surface area contributed by atoms with Crippen LogP contribution in [0.1, 0.15) is 46.6 Å². The van der Waals surface area contributed by atoms with Crippen LogP contribution >= 0.6 is 0 Å². The van der Waals surface area contributed by atoms with Crippen molar-refractivity contribution in [1.82, 2.24) is 22.8 Å². The Morgan fingerprint density at radius 3 is 0.667 bits per heavy atom. The third-order valence-electron chi connectivity index (χ3n) is 21.3. The lowest BCUT2D eigenvalue weighted by Crippen LogP contribution is -1.86. The molecule has 0 atom stereocenters. The summed E-state index contributed by atoms with van der Waals surface area (Å²) in [5.74, 6) is -0.603. The van der Waals surface area contributed by atoms with Gasteiger partial charge >= 0.3 is 0 Å². The summed E-state index contributed by atoms with van der Waals surface area (Å²) in [7, 11) is 8.93. The van der Waals surface area contributed by atoms with E-state index in [2.05, 4.69) is 48.0 Å². The third kappa shape index (κ3) is 14.5. The molecule has 0 saturated carbocycles. The molecule has 0 aliphatic rings. The van der Waals surface area contributed by atoms with E-state index in [-0.39, 0.29) is 105 Å². The Kier molecular flexibility index (Phi) is 12.4. The first-order chi connectivity index (χ1) is 73.0. The lowest BCUT2D eigenvalue weighted by molar-refractivity contribution is 0.628. The van der Waals surface area contributed by atoms with Crippen LogP contribution in [0.3, 0.4) is 0 Å². The smallest absolute Gasteiger partial charge is 0.123 e. The first-order valence-corrected chi connectivity index (χ1v) is 38.0. The van der Waals surface area contributed by atoms with E-state index in [1.165, 1.54) is 57.7 Å². The highest BCUT2D eigenvalue weighted by Crippen LogP contribution is 2.41. The van der Waals surface area contributed by atoms with Crippen molar-refractivity contribution in [3.8, 4) is 89.0 Å².